The van der Waals surface area contributed by atoms with Crippen molar-refractivity contribution in [3.63, 3.8) is 0 Å². The molecule has 2 fully saturated rings. The van der Waals surface area contributed by atoms with Crippen molar-refractivity contribution >= 4 is 36.0 Å². The second-order valence-corrected chi connectivity index (χ2v) is 8.70. The Morgan fingerprint density at radius 2 is 1.85 bits per heavy atom. The maximum absolute atomic E-state index is 12.3. The van der Waals surface area contributed by atoms with Crippen LogP contribution in [0.3, 0.4) is 0 Å². The van der Waals surface area contributed by atoms with Gasteiger partial charge in [0.15, 0.2) is 5.96 Å². The lowest BCUT2D eigenvalue weighted by Crippen LogP contribution is -2.46. The van der Waals surface area contributed by atoms with E-state index in [9.17, 15) is 4.79 Å². The summed E-state index contributed by atoms with van der Waals surface area (Å²) in [4.78, 5) is 18.5. The fourth-order valence-corrected chi connectivity index (χ4v) is 3.82. The molecule has 2 aliphatic rings. The van der Waals surface area contributed by atoms with E-state index in [4.69, 9.17) is 4.74 Å². The van der Waals surface area contributed by atoms with Crippen molar-refractivity contribution in [3.8, 4) is 0 Å². The summed E-state index contributed by atoms with van der Waals surface area (Å²) in [6.45, 7) is 8.25. The lowest BCUT2D eigenvalue weighted by Gasteiger charge is -2.34. The van der Waals surface area contributed by atoms with E-state index in [-0.39, 0.29) is 30.1 Å². The molecule has 0 radical (unpaired) electrons. The number of piperidine rings is 1. The number of halogens is 1. The van der Waals surface area contributed by atoms with E-state index in [0.717, 1.165) is 38.4 Å². The second kappa shape index (κ2) is 12.0. The van der Waals surface area contributed by atoms with Crippen LogP contribution in [0, 0.1) is 5.92 Å². The SMILES string of the molecule is CN=C(NCCC1CCCN(C(=O)OC(C)(C)C)C1)NC1CCCCC1.I. The molecule has 0 aromatic rings. The van der Waals surface area contributed by atoms with Gasteiger partial charge in [-0.05, 0) is 58.8 Å². The highest BCUT2D eigenvalue weighted by molar-refractivity contribution is 14.0. The monoisotopic (exact) mass is 494 g/mol. The van der Waals surface area contributed by atoms with Gasteiger partial charge in [0.05, 0.1) is 0 Å². The molecule has 1 unspecified atom stereocenters. The Bertz CT molecular complexity index is 473. The van der Waals surface area contributed by atoms with Gasteiger partial charge in [-0.3, -0.25) is 4.99 Å². The summed E-state index contributed by atoms with van der Waals surface area (Å²) in [5.41, 5.74) is -0.428. The summed E-state index contributed by atoms with van der Waals surface area (Å²) >= 11 is 0. The van der Waals surface area contributed by atoms with Gasteiger partial charge in [0, 0.05) is 32.7 Å². The highest BCUT2D eigenvalue weighted by Gasteiger charge is 2.27. The molecule has 7 heteroatoms. The number of carbonyl (C=O) groups is 1. The van der Waals surface area contributed by atoms with Crippen molar-refractivity contribution < 1.29 is 9.53 Å². The molecule has 1 atom stereocenters. The molecule has 1 aliphatic heterocycles. The fraction of sp³-hybridized carbons (Fsp3) is 0.900. The van der Waals surface area contributed by atoms with Gasteiger partial charge >= 0.3 is 6.09 Å². The number of nitrogens with one attached hydrogen (secondary N) is 2. The van der Waals surface area contributed by atoms with Gasteiger partial charge in [-0.15, -0.1) is 24.0 Å². The van der Waals surface area contributed by atoms with Gasteiger partial charge in [-0.2, -0.15) is 0 Å². The van der Waals surface area contributed by atoms with Crippen LogP contribution in [0.2, 0.25) is 0 Å². The highest BCUT2D eigenvalue weighted by Crippen LogP contribution is 2.21. The fourth-order valence-electron chi connectivity index (χ4n) is 3.82. The molecule has 2 rings (SSSR count). The predicted octanol–water partition coefficient (Wildman–Crippen LogP) is 4.14. The molecular formula is C20H39IN4O2. The number of hydrogen-bond donors (Lipinski definition) is 2. The molecule has 1 aliphatic carbocycles. The third-order valence-electron chi connectivity index (χ3n) is 5.19. The number of guanidine groups is 1. The van der Waals surface area contributed by atoms with Gasteiger partial charge in [0.25, 0.3) is 0 Å². The predicted molar refractivity (Wildman–Crippen MR) is 122 cm³/mol. The van der Waals surface area contributed by atoms with E-state index in [0.29, 0.717) is 12.0 Å². The molecule has 27 heavy (non-hydrogen) atoms. The van der Waals surface area contributed by atoms with Crippen molar-refractivity contribution in [2.45, 2.75) is 83.8 Å². The molecule has 0 spiro atoms. The molecule has 1 saturated carbocycles. The molecule has 158 valence electrons. The Hall–Kier alpha value is -0.730. The average Bonchev–Trinajstić information content (AvgIpc) is 2.60. The summed E-state index contributed by atoms with van der Waals surface area (Å²) in [6, 6.07) is 0.562. The van der Waals surface area contributed by atoms with E-state index in [1.807, 2.05) is 32.7 Å². The second-order valence-electron chi connectivity index (χ2n) is 8.70. The van der Waals surface area contributed by atoms with Gasteiger partial charge in [-0.1, -0.05) is 19.3 Å². The molecule has 1 amide bonds. The van der Waals surface area contributed by atoms with Crippen LogP contribution in [0.5, 0.6) is 0 Å². The Morgan fingerprint density at radius 1 is 1.15 bits per heavy atom. The number of rotatable bonds is 4. The summed E-state index contributed by atoms with van der Waals surface area (Å²) in [5.74, 6) is 1.44. The van der Waals surface area contributed by atoms with Crippen molar-refractivity contribution in [2.24, 2.45) is 10.9 Å². The first-order valence-corrected chi connectivity index (χ1v) is 10.3. The van der Waals surface area contributed by atoms with Crippen molar-refractivity contribution in [1.29, 1.82) is 0 Å². The van der Waals surface area contributed by atoms with Crippen LogP contribution >= 0.6 is 24.0 Å². The average molecular weight is 494 g/mol. The Balaban J connectivity index is 0.00000364. The zero-order chi connectivity index (χ0) is 19.0. The molecule has 0 aromatic carbocycles. The first-order valence-electron chi connectivity index (χ1n) is 10.3. The third kappa shape index (κ3) is 9.34. The van der Waals surface area contributed by atoms with E-state index >= 15 is 0 Å². The zero-order valence-electron chi connectivity index (χ0n) is 17.6. The molecule has 6 nitrogen and oxygen atoms in total. The first-order chi connectivity index (χ1) is 12.4. The number of likely N-dealkylation sites (tertiary alicyclic amines) is 1. The number of amides is 1. The Morgan fingerprint density at radius 3 is 2.48 bits per heavy atom. The smallest absolute Gasteiger partial charge is 0.410 e. The standard InChI is InChI=1S/C20H38N4O2.HI/c1-20(2,3)26-19(25)24-14-8-9-16(15-24)12-13-22-18(21-4)23-17-10-6-5-7-11-17;/h16-17H,5-15H2,1-4H3,(H2,21,22,23);1H. The summed E-state index contributed by atoms with van der Waals surface area (Å²) < 4.78 is 5.51. The number of hydrogen-bond acceptors (Lipinski definition) is 3. The molecule has 1 heterocycles. The highest BCUT2D eigenvalue weighted by atomic mass is 127. The third-order valence-corrected chi connectivity index (χ3v) is 5.19. The Labute approximate surface area is 182 Å². The van der Waals surface area contributed by atoms with E-state index in [1.54, 1.807) is 0 Å². The molecule has 0 bridgehead atoms. The lowest BCUT2D eigenvalue weighted by atomic mass is 9.95. The number of nitrogens with zero attached hydrogens (tertiary/aromatic N) is 2. The molecule has 2 N–H and O–H groups in total. The van der Waals surface area contributed by atoms with Crippen molar-refractivity contribution in [1.82, 2.24) is 15.5 Å². The molecule has 0 aromatic heterocycles. The van der Waals surface area contributed by atoms with Crippen LogP contribution in [0.15, 0.2) is 4.99 Å². The van der Waals surface area contributed by atoms with E-state index < -0.39 is 5.60 Å². The van der Waals surface area contributed by atoms with Crippen LogP contribution in [-0.2, 0) is 4.74 Å². The van der Waals surface area contributed by atoms with Crippen LogP contribution in [-0.4, -0.2) is 55.3 Å². The first kappa shape index (κ1) is 24.3. The van der Waals surface area contributed by atoms with Crippen LogP contribution < -0.4 is 10.6 Å². The maximum Gasteiger partial charge on any atom is 0.410 e. The minimum atomic E-state index is -0.428. The Kier molecular flexibility index (Phi) is 10.8. The normalized spacial score (nSPS) is 22.0. The zero-order valence-corrected chi connectivity index (χ0v) is 19.9. The molecule has 1 saturated heterocycles. The van der Waals surface area contributed by atoms with Crippen LogP contribution in [0.1, 0.15) is 72.1 Å². The number of ether oxygens (including phenoxy) is 1. The van der Waals surface area contributed by atoms with Crippen LogP contribution in [0.4, 0.5) is 4.79 Å². The minimum Gasteiger partial charge on any atom is -0.444 e. The van der Waals surface area contributed by atoms with Crippen molar-refractivity contribution in [2.75, 3.05) is 26.7 Å². The van der Waals surface area contributed by atoms with Crippen molar-refractivity contribution in [3.05, 3.63) is 0 Å². The van der Waals surface area contributed by atoms with Gasteiger partial charge < -0.3 is 20.3 Å². The van der Waals surface area contributed by atoms with Gasteiger partial charge in [0.2, 0.25) is 0 Å². The number of aliphatic imine (C=N–C) groups is 1. The summed E-state index contributed by atoms with van der Waals surface area (Å²) in [6.07, 6.45) is 9.58. The molecular weight excluding hydrogens is 455 g/mol. The maximum atomic E-state index is 12.3. The van der Waals surface area contributed by atoms with E-state index in [1.165, 1.54) is 38.5 Å². The van der Waals surface area contributed by atoms with Gasteiger partial charge in [0.1, 0.15) is 5.60 Å². The van der Waals surface area contributed by atoms with Crippen LogP contribution in [0.25, 0.3) is 0 Å². The van der Waals surface area contributed by atoms with E-state index in [2.05, 4.69) is 15.6 Å². The number of carbonyl (C=O) groups excluding carboxylic acids is 1. The summed E-state index contributed by atoms with van der Waals surface area (Å²) in [7, 11) is 1.84. The minimum absolute atomic E-state index is 0. The van der Waals surface area contributed by atoms with Gasteiger partial charge in [-0.25, -0.2) is 4.79 Å². The largest absolute Gasteiger partial charge is 0.444 e. The quantitative estimate of drug-likeness (QED) is 0.350. The summed E-state index contributed by atoms with van der Waals surface area (Å²) in [5, 5.41) is 7.00. The lowest BCUT2D eigenvalue weighted by molar-refractivity contribution is 0.0162. The topological polar surface area (TPSA) is 66.0 Å².